The highest BCUT2D eigenvalue weighted by atomic mass is 19.4. The maximum Gasteiger partial charge on any atom is 0.416 e. The van der Waals surface area contributed by atoms with Crippen LogP contribution < -0.4 is 15.4 Å². The van der Waals surface area contributed by atoms with Gasteiger partial charge >= 0.3 is 6.18 Å². The maximum absolute atomic E-state index is 13.7. The molecular formula is C28H30F3N5O2. The molecule has 3 N–H and O–H groups in total. The molecule has 0 unspecified atom stereocenters. The number of carbonyl (C=O) groups is 1. The van der Waals surface area contributed by atoms with Crippen LogP contribution in [0.15, 0.2) is 53.5 Å². The van der Waals surface area contributed by atoms with E-state index in [1.165, 1.54) is 12.1 Å². The van der Waals surface area contributed by atoms with Gasteiger partial charge in [0.1, 0.15) is 11.6 Å². The SMILES string of the molecule is C=Nc1[nH]c(C)cc1C=Cc1ccc(OCC(=O)Nc2ccc(CN3CCNCC3)c(C(F)(F)F)c2)cc1. The van der Waals surface area contributed by atoms with Crippen molar-refractivity contribution in [1.29, 1.82) is 0 Å². The summed E-state index contributed by atoms with van der Waals surface area (Å²) in [4.78, 5) is 21.4. The van der Waals surface area contributed by atoms with Crippen molar-refractivity contribution in [3.8, 4) is 5.75 Å². The highest BCUT2D eigenvalue weighted by Crippen LogP contribution is 2.34. The van der Waals surface area contributed by atoms with E-state index < -0.39 is 17.6 Å². The molecule has 1 amide bonds. The predicted octanol–water partition coefficient (Wildman–Crippen LogP) is 5.27. The van der Waals surface area contributed by atoms with Crippen LogP contribution in [0.1, 0.15) is 27.9 Å². The first kappa shape index (κ1) is 27.2. The summed E-state index contributed by atoms with van der Waals surface area (Å²) in [5.74, 6) is 0.607. The number of aromatic nitrogens is 1. The van der Waals surface area contributed by atoms with E-state index in [0.29, 0.717) is 24.7 Å². The zero-order valence-corrected chi connectivity index (χ0v) is 21.1. The van der Waals surface area contributed by atoms with Gasteiger partial charge in [-0.3, -0.25) is 9.69 Å². The fourth-order valence-electron chi connectivity index (χ4n) is 4.23. The Morgan fingerprint density at radius 1 is 1.13 bits per heavy atom. The number of aliphatic imine (C=N–C) groups is 1. The third-order valence-electron chi connectivity index (χ3n) is 6.13. The fraction of sp³-hybridized carbons (Fsp3) is 0.286. The topological polar surface area (TPSA) is 81.7 Å². The first-order valence-corrected chi connectivity index (χ1v) is 12.2. The largest absolute Gasteiger partial charge is 0.484 e. The van der Waals surface area contributed by atoms with Gasteiger partial charge in [0.2, 0.25) is 0 Å². The van der Waals surface area contributed by atoms with Gasteiger partial charge in [-0.2, -0.15) is 13.2 Å². The number of aryl methyl sites for hydroxylation is 1. The summed E-state index contributed by atoms with van der Waals surface area (Å²) in [5.41, 5.74) is 2.32. The molecule has 200 valence electrons. The molecule has 0 saturated carbocycles. The molecule has 1 fully saturated rings. The molecule has 2 heterocycles. The number of benzene rings is 2. The maximum atomic E-state index is 13.7. The zero-order valence-electron chi connectivity index (χ0n) is 21.1. The number of aromatic amines is 1. The van der Waals surface area contributed by atoms with Crippen LogP contribution in [0.4, 0.5) is 24.7 Å². The summed E-state index contributed by atoms with van der Waals surface area (Å²) < 4.78 is 46.7. The van der Waals surface area contributed by atoms with Gasteiger partial charge in [0.05, 0.1) is 5.56 Å². The molecule has 0 spiro atoms. The standard InChI is InChI=1S/C28H30F3N5O2/c1-19-15-21(27(32-2)34-19)6-3-20-4-9-24(10-5-20)38-18-26(37)35-23-8-7-22(25(16-23)28(29,30)31)17-36-13-11-33-12-14-36/h3-10,15-16,33-34H,2,11-14,17-18H2,1H3,(H,35,37). The number of rotatable bonds is 9. The van der Waals surface area contributed by atoms with Gasteiger partial charge in [-0.25, -0.2) is 4.99 Å². The molecule has 0 atom stereocenters. The van der Waals surface area contributed by atoms with Crippen LogP contribution >= 0.6 is 0 Å². The molecule has 2 aromatic carbocycles. The Morgan fingerprint density at radius 3 is 2.55 bits per heavy atom. The quantitative estimate of drug-likeness (QED) is 0.333. The number of nitrogens with one attached hydrogen (secondary N) is 3. The van der Waals surface area contributed by atoms with Crippen molar-refractivity contribution in [2.45, 2.75) is 19.6 Å². The molecule has 7 nitrogen and oxygen atoms in total. The number of hydrogen-bond acceptors (Lipinski definition) is 5. The van der Waals surface area contributed by atoms with Crippen LogP contribution in [-0.4, -0.2) is 55.3 Å². The monoisotopic (exact) mass is 525 g/mol. The van der Waals surface area contributed by atoms with Crippen LogP contribution in [0.25, 0.3) is 12.2 Å². The lowest BCUT2D eigenvalue weighted by molar-refractivity contribution is -0.138. The van der Waals surface area contributed by atoms with Gasteiger partial charge in [0, 0.05) is 49.7 Å². The molecule has 0 aliphatic carbocycles. The second-order valence-electron chi connectivity index (χ2n) is 9.05. The predicted molar refractivity (Wildman–Crippen MR) is 144 cm³/mol. The Kier molecular flexibility index (Phi) is 8.65. The van der Waals surface area contributed by atoms with Gasteiger partial charge in [-0.05, 0) is 55.1 Å². The Labute approximate surface area is 219 Å². The number of H-pyrrole nitrogens is 1. The number of piperazine rings is 1. The number of amides is 1. The Balaban J connectivity index is 1.33. The third-order valence-corrected chi connectivity index (χ3v) is 6.13. The number of carbonyl (C=O) groups excluding carboxylic acids is 1. The molecule has 1 saturated heterocycles. The van der Waals surface area contributed by atoms with Gasteiger partial charge in [0.25, 0.3) is 5.91 Å². The van der Waals surface area contributed by atoms with Crippen LogP contribution in [0.3, 0.4) is 0 Å². The molecule has 0 radical (unpaired) electrons. The average Bonchev–Trinajstić information content (AvgIpc) is 3.27. The van der Waals surface area contributed by atoms with Crippen molar-refractivity contribution in [2.75, 3.05) is 38.1 Å². The van der Waals surface area contributed by atoms with Crippen molar-refractivity contribution in [3.05, 3.63) is 76.5 Å². The molecule has 4 rings (SSSR count). The molecular weight excluding hydrogens is 495 g/mol. The molecule has 0 bridgehead atoms. The smallest absolute Gasteiger partial charge is 0.416 e. The number of nitrogens with zero attached hydrogens (tertiary/aromatic N) is 2. The summed E-state index contributed by atoms with van der Waals surface area (Å²) in [7, 11) is 0. The van der Waals surface area contributed by atoms with E-state index in [-0.39, 0.29) is 24.4 Å². The minimum absolute atomic E-state index is 0.0730. The van der Waals surface area contributed by atoms with E-state index in [0.717, 1.165) is 36.0 Å². The summed E-state index contributed by atoms with van der Waals surface area (Å²) in [6.07, 6.45) is -0.695. The van der Waals surface area contributed by atoms with Crippen LogP contribution in [0, 0.1) is 6.92 Å². The van der Waals surface area contributed by atoms with Crippen molar-refractivity contribution in [3.63, 3.8) is 0 Å². The van der Waals surface area contributed by atoms with E-state index in [1.54, 1.807) is 12.1 Å². The summed E-state index contributed by atoms with van der Waals surface area (Å²) in [6, 6.07) is 13.0. The molecule has 1 aliphatic heterocycles. The molecule has 1 aliphatic rings. The normalized spacial score (nSPS) is 14.5. The Hall–Kier alpha value is -3.89. The number of anilines is 1. The van der Waals surface area contributed by atoms with Crippen molar-refractivity contribution in [1.82, 2.24) is 15.2 Å². The third kappa shape index (κ3) is 7.33. The van der Waals surface area contributed by atoms with Gasteiger partial charge in [0.15, 0.2) is 6.61 Å². The lowest BCUT2D eigenvalue weighted by Gasteiger charge is -2.28. The zero-order chi connectivity index (χ0) is 27.1. The summed E-state index contributed by atoms with van der Waals surface area (Å²) in [5, 5.41) is 5.69. The van der Waals surface area contributed by atoms with E-state index >= 15 is 0 Å². The number of ether oxygens (including phenoxy) is 1. The highest BCUT2D eigenvalue weighted by molar-refractivity contribution is 5.92. The number of hydrogen-bond donors (Lipinski definition) is 3. The van der Waals surface area contributed by atoms with Gasteiger partial charge in [-0.15, -0.1) is 0 Å². The van der Waals surface area contributed by atoms with E-state index in [2.05, 4.69) is 27.3 Å². The second-order valence-corrected chi connectivity index (χ2v) is 9.05. The average molecular weight is 526 g/mol. The van der Waals surface area contributed by atoms with E-state index in [9.17, 15) is 18.0 Å². The first-order chi connectivity index (χ1) is 18.2. The van der Waals surface area contributed by atoms with Crippen LogP contribution in [0.5, 0.6) is 5.75 Å². The lowest BCUT2D eigenvalue weighted by Crippen LogP contribution is -2.43. The molecule has 38 heavy (non-hydrogen) atoms. The minimum atomic E-state index is -4.53. The molecule has 3 aromatic rings. The van der Waals surface area contributed by atoms with Crippen molar-refractivity contribution < 1.29 is 22.7 Å². The van der Waals surface area contributed by atoms with Crippen molar-refractivity contribution in [2.24, 2.45) is 4.99 Å². The highest BCUT2D eigenvalue weighted by Gasteiger charge is 2.34. The number of alkyl halides is 3. The van der Waals surface area contributed by atoms with Crippen LogP contribution in [-0.2, 0) is 17.5 Å². The number of halogens is 3. The summed E-state index contributed by atoms with van der Waals surface area (Å²) in [6.45, 7) is 8.22. The lowest BCUT2D eigenvalue weighted by atomic mass is 10.0. The molecule has 10 heteroatoms. The fourth-order valence-corrected chi connectivity index (χ4v) is 4.23. The van der Waals surface area contributed by atoms with Crippen LogP contribution in [0.2, 0.25) is 0 Å². The second kappa shape index (κ2) is 12.1. The van der Waals surface area contributed by atoms with Gasteiger partial charge < -0.3 is 20.4 Å². The van der Waals surface area contributed by atoms with E-state index in [4.69, 9.17) is 4.74 Å². The Bertz CT molecular complexity index is 1290. The minimum Gasteiger partial charge on any atom is -0.484 e. The molecule has 1 aromatic heterocycles. The van der Waals surface area contributed by atoms with Crippen molar-refractivity contribution >= 4 is 36.3 Å². The first-order valence-electron chi connectivity index (χ1n) is 12.2. The van der Waals surface area contributed by atoms with E-state index in [1.807, 2.05) is 42.2 Å². The van der Waals surface area contributed by atoms with Gasteiger partial charge in [-0.1, -0.05) is 30.4 Å². The Morgan fingerprint density at radius 2 is 1.87 bits per heavy atom. The summed E-state index contributed by atoms with van der Waals surface area (Å²) >= 11 is 0.